The first-order valence-corrected chi connectivity index (χ1v) is 7.56. The minimum absolute atomic E-state index is 0.431. The van der Waals surface area contributed by atoms with Crippen LogP contribution in [0.4, 0.5) is 0 Å². The summed E-state index contributed by atoms with van der Waals surface area (Å²) in [5, 5.41) is 4.16. The van der Waals surface area contributed by atoms with Gasteiger partial charge in [-0.2, -0.15) is 0 Å². The molecule has 0 aromatic heterocycles. The monoisotopic (exact) mass is 281 g/mol. The molecule has 1 aromatic rings. The van der Waals surface area contributed by atoms with E-state index < -0.39 is 0 Å². The second kappa shape index (κ2) is 6.62. The van der Waals surface area contributed by atoms with Crippen LogP contribution in [0.1, 0.15) is 43.7 Å². The fourth-order valence-corrected chi connectivity index (χ4v) is 3.18. The molecule has 1 heterocycles. The summed E-state index contributed by atoms with van der Waals surface area (Å²) in [6.45, 7) is 6.65. The first-order valence-electron chi connectivity index (χ1n) is 7.18. The van der Waals surface area contributed by atoms with Gasteiger partial charge in [0, 0.05) is 0 Å². The van der Waals surface area contributed by atoms with Crippen LogP contribution in [-0.4, -0.2) is 20.2 Å². The van der Waals surface area contributed by atoms with Gasteiger partial charge in [-0.25, -0.2) is 0 Å². The number of nitrogens with one attached hydrogen (secondary N) is 1. The highest BCUT2D eigenvalue weighted by atomic mass is 35.5. The highest BCUT2D eigenvalue weighted by Crippen LogP contribution is 2.35. The Hall–Kier alpha value is -0.730. The Bertz CT molecular complexity index is 425. The maximum Gasteiger partial charge on any atom is 0.140 e. The average molecular weight is 282 g/mol. The maximum absolute atomic E-state index is 6.36. The predicted molar refractivity (Wildman–Crippen MR) is 81.4 cm³/mol. The number of rotatable bonds is 4. The van der Waals surface area contributed by atoms with Gasteiger partial charge >= 0.3 is 0 Å². The van der Waals surface area contributed by atoms with Crippen molar-refractivity contribution in [2.24, 2.45) is 5.92 Å². The third kappa shape index (κ3) is 3.64. The van der Waals surface area contributed by atoms with E-state index in [1.807, 2.05) is 0 Å². The van der Waals surface area contributed by atoms with E-state index in [9.17, 15) is 0 Å². The molecule has 2 rings (SSSR count). The molecule has 3 heteroatoms. The Kier molecular flexibility index (Phi) is 5.12. The van der Waals surface area contributed by atoms with Crippen LogP contribution in [-0.2, 0) is 6.42 Å². The maximum atomic E-state index is 6.36. The molecule has 2 nitrogen and oxygen atoms in total. The number of benzene rings is 1. The Morgan fingerprint density at radius 3 is 2.58 bits per heavy atom. The van der Waals surface area contributed by atoms with Crippen LogP contribution in [0.15, 0.2) is 12.1 Å². The molecule has 19 heavy (non-hydrogen) atoms. The van der Waals surface area contributed by atoms with Gasteiger partial charge in [0.05, 0.1) is 12.1 Å². The van der Waals surface area contributed by atoms with E-state index in [4.69, 9.17) is 16.3 Å². The van der Waals surface area contributed by atoms with Gasteiger partial charge in [-0.15, -0.1) is 0 Å². The molecule has 1 fully saturated rings. The molecule has 0 unspecified atom stereocenters. The molecule has 0 aliphatic carbocycles. The Balaban J connectivity index is 2.21. The number of methoxy groups -OCH3 is 1. The lowest BCUT2D eigenvalue weighted by atomic mass is 9.89. The quantitative estimate of drug-likeness (QED) is 0.900. The van der Waals surface area contributed by atoms with Gasteiger partial charge in [0.1, 0.15) is 5.75 Å². The number of halogens is 1. The molecular weight excluding hydrogens is 258 g/mol. The van der Waals surface area contributed by atoms with Crippen LogP contribution in [0.5, 0.6) is 5.75 Å². The minimum atomic E-state index is 0.431. The van der Waals surface area contributed by atoms with Crippen molar-refractivity contribution >= 4 is 11.6 Å². The number of hydrogen-bond acceptors (Lipinski definition) is 2. The second-order valence-electron chi connectivity index (χ2n) is 5.75. The molecule has 1 aliphatic heterocycles. The van der Waals surface area contributed by atoms with Crippen molar-refractivity contribution in [2.45, 2.75) is 39.0 Å². The Morgan fingerprint density at radius 2 is 2.00 bits per heavy atom. The largest absolute Gasteiger partial charge is 0.495 e. The minimum Gasteiger partial charge on any atom is -0.495 e. The lowest BCUT2D eigenvalue weighted by molar-refractivity contribution is 0.372. The topological polar surface area (TPSA) is 21.3 Å². The van der Waals surface area contributed by atoms with Crippen LogP contribution in [0, 0.1) is 5.92 Å². The van der Waals surface area contributed by atoms with Crippen molar-refractivity contribution < 1.29 is 4.74 Å². The molecule has 1 aliphatic rings. The SMILES string of the molecule is COc1c(Cl)cc(CC2CCNCC2)cc1C(C)C. The summed E-state index contributed by atoms with van der Waals surface area (Å²) in [5.74, 6) is 2.05. The molecule has 1 aromatic carbocycles. The summed E-state index contributed by atoms with van der Waals surface area (Å²) < 4.78 is 5.44. The summed E-state index contributed by atoms with van der Waals surface area (Å²) >= 11 is 6.36. The van der Waals surface area contributed by atoms with E-state index in [0.29, 0.717) is 5.92 Å². The summed E-state index contributed by atoms with van der Waals surface area (Å²) in [6, 6.07) is 4.35. The highest BCUT2D eigenvalue weighted by Gasteiger charge is 2.17. The van der Waals surface area contributed by atoms with E-state index >= 15 is 0 Å². The van der Waals surface area contributed by atoms with E-state index in [0.717, 1.165) is 36.2 Å². The zero-order valence-corrected chi connectivity index (χ0v) is 12.9. The molecule has 0 saturated carbocycles. The molecule has 1 N–H and O–H groups in total. The molecule has 106 valence electrons. The fraction of sp³-hybridized carbons (Fsp3) is 0.625. The molecular formula is C16H24ClNO. The smallest absolute Gasteiger partial charge is 0.140 e. The van der Waals surface area contributed by atoms with Crippen molar-refractivity contribution in [1.82, 2.24) is 5.32 Å². The summed E-state index contributed by atoms with van der Waals surface area (Å²) in [7, 11) is 1.69. The Morgan fingerprint density at radius 1 is 1.32 bits per heavy atom. The number of piperidine rings is 1. The number of hydrogen-bond donors (Lipinski definition) is 1. The number of ether oxygens (including phenoxy) is 1. The van der Waals surface area contributed by atoms with Gasteiger partial charge in [0.25, 0.3) is 0 Å². The van der Waals surface area contributed by atoms with Gasteiger partial charge in [-0.3, -0.25) is 0 Å². The van der Waals surface area contributed by atoms with Gasteiger partial charge < -0.3 is 10.1 Å². The lowest BCUT2D eigenvalue weighted by Gasteiger charge is -2.23. The molecule has 0 spiro atoms. The highest BCUT2D eigenvalue weighted by molar-refractivity contribution is 6.32. The first-order chi connectivity index (χ1) is 9.11. The zero-order chi connectivity index (χ0) is 13.8. The van der Waals surface area contributed by atoms with E-state index in [2.05, 4.69) is 31.3 Å². The van der Waals surface area contributed by atoms with Crippen molar-refractivity contribution in [2.75, 3.05) is 20.2 Å². The fourth-order valence-electron chi connectivity index (χ4n) is 2.85. The third-order valence-corrected chi connectivity index (χ3v) is 4.22. The molecule has 0 radical (unpaired) electrons. The van der Waals surface area contributed by atoms with Gasteiger partial charge in [0.15, 0.2) is 0 Å². The summed E-state index contributed by atoms with van der Waals surface area (Å²) in [6.07, 6.45) is 3.66. The third-order valence-electron chi connectivity index (χ3n) is 3.94. The molecule has 0 amide bonds. The standard InChI is InChI=1S/C16H24ClNO/c1-11(2)14-9-13(10-15(17)16(14)19-3)8-12-4-6-18-7-5-12/h9-12,18H,4-8H2,1-3H3. The van der Waals surface area contributed by atoms with Crippen LogP contribution < -0.4 is 10.1 Å². The first kappa shape index (κ1) is 14.7. The van der Waals surface area contributed by atoms with Crippen molar-refractivity contribution in [3.63, 3.8) is 0 Å². The van der Waals surface area contributed by atoms with Crippen LogP contribution in [0.2, 0.25) is 5.02 Å². The van der Waals surface area contributed by atoms with E-state index in [-0.39, 0.29) is 0 Å². The molecule has 0 atom stereocenters. The van der Waals surface area contributed by atoms with Gasteiger partial charge in [0.2, 0.25) is 0 Å². The Labute approximate surface area is 121 Å². The molecule has 0 bridgehead atoms. The van der Waals surface area contributed by atoms with Crippen molar-refractivity contribution in [3.8, 4) is 5.75 Å². The normalized spacial score (nSPS) is 16.9. The average Bonchev–Trinajstić information content (AvgIpc) is 2.39. The second-order valence-corrected chi connectivity index (χ2v) is 6.16. The van der Waals surface area contributed by atoms with Crippen molar-refractivity contribution in [1.29, 1.82) is 0 Å². The summed E-state index contributed by atoms with van der Waals surface area (Å²) in [4.78, 5) is 0. The van der Waals surface area contributed by atoms with Crippen LogP contribution in [0.25, 0.3) is 0 Å². The molecule has 1 saturated heterocycles. The van der Waals surface area contributed by atoms with Crippen molar-refractivity contribution in [3.05, 3.63) is 28.3 Å². The van der Waals surface area contributed by atoms with E-state index in [1.165, 1.54) is 24.0 Å². The van der Waals surface area contributed by atoms with Gasteiger partial charge in [-0.05, 0) is 61.4 Å². The summed E-state index contributed by atoms with van der Waals surface area (Å²) in [5.41, 5.74) is 2.57. The lowest BCUT2D eigenvalue weighted by Crippen LogP contribution is -2.28. The van der Waals surface area contributed by atoms with Gasteiger partial charge in [-0.1, -0.05) is 31.5 Å². The van der Waals surface area contributed by atoms with Crippen LogP contribution >= 0.6 is 11.6 Å². The predicted octanol–water partition coefficient (Wildman–Crippen LogP) is 4.01. The zero-order valence-electron chi connectivity index (χ0n) is 12.1. The van der Waals surface area contributed by atoms with E-state index in [1.54, 1.807) is 7.11 Å². The van der Waals surface area contributed by atoms with Crippen LogP contribution in [0.3, 0.4) is 0 Å².